The fourth-order valence-electron chi connectivity index (χ4n) is 1.50. The van der Waals surface area contributed by atoms with Crippen LogP contribution in [0.4, 0.5) is 0 Å². The molecule has 0 saturated carbocycles. The minimum atomic E-state index is -0.451. The van der Waals surface area contributed by atoms with E-state index in [1.165, 1.54) is 0 Å². The molecule has 0 heterocycles. The Bertz CT molecular complexity index is 390. The molecule has 17 heavy (non-hydrogen) atoms. The van der Waals surface area contributed by atoms with Crippen LogP contribution >= 0.6 is 0 Å². The molecule has 1 aromatic carbocycles. The first kappa shape index (κ1) is 13.2. The highest BCUT2D eigenvalue weighted by molar-refractivity contribution is 5.84. The first-order valence-corrected chi connectivity index (χ1v) is 5.64. The minimum Gasteiger partial charge on any atom is -0.369 e. The average molecular weight is 234 g/mol. The molecule has 1 rings (SSSR count). The van der Waals surface area contributed by atoms with E-state index in [2.05, 4.69) is 5.32 Å². The molecule has 0 bridgehead atoms. The molecule has 4 heteroatoms. The van der Waals surface area contributed by atoms with Gasteiger partial charge in [0, 0.05) is 12.3 Å². The smallest absolute Gasteiger partial charge is 0.221 e. The van der Waals surface area contributed by atoms with Crippen LogP contribution in [0.2, 0.25) is 0 Å². The maximum Gasteiger partial charge on any atom is 0.221 e. The maximum absolute atomic E-state index is 11.6. The Kier molecular flexibility index (Phi) is 4.69. The van der Waals surface area contributed by atoms with Gasteiger partial charge in [-0.1, -0.05) is 37.3 Å². The summed E-state index contributed by atoms with van der Waals surface area (Å²) in [7, 11) is 0. The zero-order valence-corrected chi connectivity index (χ0v) is 10.1. The third-order valence-corrected chi connectivity index (χ3v) is 2.65. The van der Waals surface area contributed by atoms with Crippen molar-refractivity contribution in [3.8, 4) is 0 Å². The van der Waals surface area contributed by atoms with Gasteiger partial charge in [-0.2, -0.15) is 0 Å². The molecule has 0 aliphatic rings. The van der Waals surface area contributed by atoms with E-state index in [4.69, 9.17) is 5.73 Å². The number of nitrogens with one attached hydrogen (secondary N) is 1. The Balaban J connectivity index is 2.49. The van der Waals surface area contributed by atoms with Crippen molar-refractivity contribution in [1.29, 1.82) is 0 Å². The van der Waals surface area contributed by atoms with Crippen LogP contribution in [-0.2, 0) is 9.59 Å². The van der Waals surface area contributed by atoms with Crippen molar-refractivity contribution in [3.05, 3.63) is 35.9 Å². The van der Waals surface area contributed by atoms with Crippen molar-refractivity contribution in [2.24, 2.45) is 11.7 Å². The number of hydrogen-bond acceptors (Lipinski definition) is 2. The normalized spacial score (nSPS) is 13.8. The van der Waals surface area contributed by atoms with Gasteiger partial charge in [0.05, 0.1) is 6.04 Å². The molecule has 0 radical (unpaired) electrons. The summed E-state index contributed by atoms with van der Waals surface area (Å²) in [4.78, 5) is 22.5. The molecular formula is C13H18N2O2. The van der Waals surface area contributed by atoms with Gasteiger partial charge in [0.2, 0.25) is 11.8 Å². The second-order valence-corrected chi connectivity index (χ2v) is 4.21. The third kappa shape index (κ3) is 4.26. The molecular weight excluding hydrogens is 216 g/mol. The number of hydrogen-bond donors (Lipinski definition) is 2. The zero-order chi connectivity index (χ0) is 12.8. The Morgan fingerprint density at radius 3 is 2.35 bits per heavy atom. The summed E-state index contributed by atoms with van der Waals surface area (Å²) in [5.74, 6) is -1.04. The van der Waals surface area contributed by atoms with Crippen molar-refractivity contribution in [1.82, 2.24) is 5.32 Å². The highest BCUT2D eigenvalue weighted by atomic mass is 16.2. The van der Waals surface area contributed by atoms with Crippen molar-refractivity contribution in [2.45, 2.75) is 26.3 Å². The first-order chi connectivity index (χ1) is 8.00. The lowest BCUT2D eigenvalue weighted by molar-refractivity contribution is -0.128. The Morgan fingerprint density at radius 1 is 1.24 bits per heavy atom. The summed E-state index contributed by atoms with van der Waals surface area (Å²) in [6.07, 6.45) is 0.131. The Hall–Kier alpha value is -1.84. The maximum atomic E-state index is 11.6. The molecule has 3 N–H and O–H groups in total. The number of nitrogens with two attached hydrogens (primary N) is 1. The molecule has 4 nitrogen and oxygen atoms in total. The highest BCUT2D eigenvalue weighted by Gasteiger charge is 2.15. The SMILES string of the molecule is CC(CC(=O)NC(C)c1ccccc1)C(N)=O. The molecule has 1 aromatic rings. The van der Waals surface area contributed by atoms with Crippen LogP contribution in [0.15, 0.2) is 30.3 Å². The van der Waals surface area contributed by atoms with Gasteiger partial charge in [-0.3, -0.25) is 9.59 Å². The standard InChI is InChI=1S/C13H18N2O2/c1-9(13(14)17)8-12(16)15-10(2)11-6-4-3-5-7-11/h3-7,9-10H,8H2,1-2H3,(H2,14,17)(H,15,16). The quantitative estimate of drug-likeness (QED) is 0.807. The van der Waals surface area contributed by atoms with E-state index in [0.29, 0.717) is 0 Å². The van der Waals surface area contributed by atoms with Crippen molar-refractivity contribution >= 4 is 11.8 Å². The van der Waals surface area contributed by atoms with Crippen LogP contribution in [-0.4, -0.2) is 11.8 Å². The third-order valence-electron chi connectivity index (χ3n) is 2.65. The fourth-order valence-corrected chi connectivity index (χ4v) is 1.50. The van der Waals surface area contributed by atoms with Crippen LogP contribution in [0.3, 0.4) is 0 Å². The summed E-state index contributed by atoms with van der Waals surface area (Å²) in [6, 6.07) is 9.59. The fraction of sp³-hybridized carbons (Fsp3) is 0.385. The molecule has 0 fully saturated rings. The zero-order valence-electron chi connectivity index (χ0n) is 10.1. The van der Waals surface area contributed by atoms with Crippen molar-refractivity contribution in [3.63, 3.8) is 0 Å². The molecule has 0 aromatic heterocycles. The van der Waals surface area contributed by atoms with Gasteiger partial charge in [0.25, 0.3) is 0 Å². The molecule has 0 aliphatic carbocycles. The molecule has 2 unspecified atom stereocenters. The number of rotatable bonds is 5. The predicted octanol–water partition coefficient (Wildman–Crippen LogP) is 1.38. The van der Waals surface area contributed by atoms with Crippen molar-refractivity contribution in [2.75, 3.05) is 0 Å². The summed E-state index contributed by atoms with van der Waals surface area (Å²) in [5.41, 5.74) is 6.14. The Morgan fingerprint density at radius 2 is 1.82 bits per heavy atom. The molecule has 0 spiro atoms. The number of amides is 2. The van der Waals surface area contributed by atoms with E-state index in [1.807, 2.05) is 37.3 Å². The van der Waals surface area contributed by atoms with Gasteiger partial charge in [-0.05, 0) is 12.5 Å². The summed E-state index contributed by atoms with van der Waals surface area (Å²) < 4.78 is 0. The minimum absolute atomic E-state index is 0.0659. The summed E-state index contributed by atoms with van der Waals surface area (Å²) >= 11 is 0. The number of carbonyl (C=O) groups is 2. The molecule has 0 saturated heterocycles. The predicted molar refractivity (Wildman–Crippen MR) is 66.0 cm³/mol. The van der Waals surface area contributed by atoms with E-state index in [1.54, 1.807) is 6.92 Å². The van der Waals surface area contributed by atoms with Crippen LogP contribution < -0.4 is 11.1 Å². The van der Waals surface area contributed by atoms with Gasteiger partial charge in [0.15, 0.2) is 0 Å². The number of carbonyl (C=O) groups excluding carboxylic acids is 2. The van der Waals surface area contributed by atoms with Gasteiger partial charge in [-0.15, -0.1) is 0 Å². The monoisotopic (exact) mass is 234 g/mol. The van der Waals surface area contributed by atoms with Crippen LogP contribution in [0.25, 0.3) is 0 Å². The van der Waals surface area contributed by atoms with Gasteiger partial charge in [-0.25, -0.2) is 0 Å². The highest BCUT2D eigenvalue weighted by Crippen LogP contribution is 2.12. The Labute approximate surface area is 101 Å². The molecule has 92 valence electrons. The molecule has 2 atom stereocenters. The van der Waals surface area contributed by atoms with Crippen LogP contribution in [0.5, 0.6) is 0 Å². The van der Waals surface area contributed by atoms with Crippen LogP contribution in [0, 0.1) is 5.92 Å². The second-order valence-electron chi connectivity index (χ2n) is 4.21. The summed E-state index contributed by atoms with van der Waals surface area (Å²) in [6.45, 7) is 3.55. The summed E-state index contributed by atoms with van der Waals surface area (Å²) in [5, 5.41) is 2.84. The molecule has 0 aliphatic heterocycles. The van der Waals surface area contributed by atoms with Gasteiger partial charge >= 0.3 is 0 Å². The molecule has 2 amide bonds. The van der Waals surface area contributed by atoms with E-state index < -0.39 is 11.8 Å². The lowest BCUT2D eigenvalue weighted by atomic mass is 10.1. The van der Waals surface area contributed by atoms with E-state index in [-0.39, 0.29) is 18.4 Å². The largest absolute Gasteiger partial charge is 0.369 e. The van der Waals surface area contributed by atoms with Gasteiger partial charge in [0.1, 0.15) is 0 Å². The van der Waals surface area contributed by atoms with E-state index in [9.17, 15) is 9.59 Å². The number of primary amides is 1. The first-order valence-electron chi connectivity index (χ1n) is 5.64. The average Bonchev–Trinajstić information content (AvgIpc) is 2.29. The van der Waals surface area contributed by atoms with Crippen molar-refractivity contribution < 1.29 is 9.59 Å². The van der Waals surface area contributed by atoms with Gasteiger partial charge < -0.3 is 11.1 Å². The van der Waals surface area contributed by atoms with E-state index >= 15 is 0 Å². The van der Waals surface area contributed by atoms with E-state index in [0.717, 1.165) is 5.56 Å². The van der Waals surface area contributed by atoms with Crippen LogP contribution in [0.1, 0.15) is 31.9 Å². The lowest BCUT2D eigenvalue weighted by Gasteiger charge is -2.15. The second kappa shape index (κ2) is 6.03. The topological polar surface area (TPSA) is 72.2 Å². The number of benzene rings is 1. The lowest BCUT2D eigenvalue weighted by Crippen LogP contribution is -2.31.